The van der Waals surface area contributed by atoms with Gasteiger partial charge in [0, 0.05) is 25.2 Å². The molecule has 0 atom stereocenters. The third-order valence-electron chi connectivity index (χ3n) is 5.41. The molecule has 0 saturated heterocycles. The number of hydrogen-bond acceptors (Lipinski definition) is 8. The van der Waals surface area contributed by atoms with Crippen molar-refractivity contribution in [3.63, 3.8) is 0 Å². The molecule has 9 nitrogen and oxygen atoms in total. The zero-order valence-corrected chi connectivity index (χ0v) is 21.6. The van der Waals surface area contributed by atoms with Crippen LogP contribution in [0.1, 0.15) is 31.1 Å². The van der Waals surface area contributed by atoms with E-state index in [2.05, 4.69) is 9.88 Å². The number of thiazole rings is 1. The smallest absolute Gasteiger partial charge is 0.270 e. The number of aromatic nitrogens is 1. The maximum absolute atomic E-state index is 13.7. The fourth-order valence-corrected chi connectivity index (χ4v) is 5.52. The molecular formula is C22H27ClN4O5S2. The first-order chi connectivity index (χ1) is 15.7. The van der Waals surface area contributed by atoms with E-state index >= 15 is 0 Å². The highest BCUT2D eigenvalue weighted by atomic mass is 35.5. The Kier molecular flexibility index (Phi) is 9.51. The van der Waals surface area contributed by atoms with Crippen molar-refractivity contribution >= 4 is 60.5 Å². The van der Waals surface area contributed by atoms with Crippen LogP contribution in [0.4, 0.5) is 10.8 Å². The molecule has 0 fully saturated rings. The average Bonchev–Trinajstić information content (AvgIpc) is 3.24. The molecule has 1 heterocycles. The normalized spacial score (nSPS) is 11.4. The van der Waals surface area contributed by atoms with Crippen molar-refractivity contribution in [1.82, 2.24) is 9.88 Å². The predicted molar refractivity (Wildman–Crippen MR) is 137 cm³/mol. The number of sulfone groups is 1. The molecule has 1 amide bonds. The van der Waals surface area contributed by atoms with Gasteiger partial charge in [0.1, 0.15) is 0 Å². The van der Waals surface area contributed by atoms with E-state index in [-0.39, 0.29) is 34.3 Å². The molecule has 0 aliphatic rings. The van der Waals surface area contributed by atoms with Crippen LogP contribution in [0.2, 0.25) is 0 Å². The zero-order chi connectivity index (χ0) is 24.2. The monoisotopic (exact) mass is 526 g/mol. The third kappa shape index (κ3) is 5.90. The molecule has 0 spiro atoms. The van der Waals surface area contributed by atoms with Gasteiger partial charge in [-0.05, 0) is 31.3 Å². The lowest BCUT2D eigenvalue weighted by Gasteiger charge is -2.25. The van der Waals surface area contributed by atoms with E-state index in [0.717, 1.165) is 13.1 Å². The summed E-state index contributed by atoms with van der Waals surface area (Å²) in [7, 11) is -3.62. The van der Waals surface area contributed by atoms with Crippen molar-refractivity contribution in [1.29, 1.82) is 0 Å². The minimum atomic E-state index is -3.62. The first-order valence-electron chi connectivity index (χ1n) is 10.6. The van der Waals surface area contributed by atoms with Crippen molar-refractivity contribution in [2.45, 2.75) is 25.7 Å². The zero-order valence-electron chi connectivity index (χ0n) is 19.1. The number of non-ortho nitro benzene ring substituents is 1. The minimum absolute atomic E-state index is 0. The van der Waals surface area contributed by atoms with Crippen LogP contribution in [-0.4, -0.2) is 61.1 Å². The Morgan fingerprint density at radius 3 is 2.38 bits per heavy atom. The molecule has 3 aromatic rings. The molecule has 1 aromatic heterocycles. The van der Waals surface area contributed by atoms with Crippen molar-refractivity contribution in [3.8, 4) is 0 Å². The number of hydrogen-bond donors (Lipinski definition) is 0. The van der Waals surface area contributed by atoms with Crippen LogP contribution in [0.5, 0.6) is 0 Å². The summed E-state index contributed by atoms with van der Waals surface area (Å²) in [4.78, 5) is 32.5. The van der Waals surface area contributed by atoms with Gasteiger partial charge in [-0.25, -0.2) is 13.4 Å². The highest BCUT2D eigenvalue weighted by Gasteiger charge is 2.27. The summed E-state index contributed by atoms with van der Waals surface area (Å²) in [6.45, 7) is 8.04. The summed E-state index contributed by atoms with van der Waals surface area (Å²) in [5, 5.41) is 11.5. The van der Waals surface area contributed by atoms with Gasteiger partial charge in [0.2, 0.25) is 0 Å². The second kappa shape index (κ2) is 11.7. The van der Waals surface area contributed by atoms with Gasteiger partial charge in [0.25, 0.3) is 11.6 Å². The lowest BCUT2D eigenvalue weighted by molar-refractivity contribution is -0.384. The fourth-order valence-electron chi connectivity index (χ4n) is 3.41. The SMILES string of the molecule is CCN(CC)CCN(C(=O)c1ccccc1S(=O)(=O)CC)c1nc2ccc([N+](=O)[O-])cc2s1.Cl. The number of benzene rings is 2. The quantitative estimate of drug-likeness (QED) is 0.284. The second-order valence-corrected chi connectivity index (χ2v) is 10.5. The molecule has 34 heavy (non-hydrogen) atoms. The lowest BCUT2D eigenvalue weighted by Crippen LogP contribution is -2.39. The summed E-state index contributed by atoms with van der Waals surface area (Å²) in [5.74, 6) is -0.593. The number of anilines is 1. The number of nitro benzene ring substituents is 1. The van der Waals surface area contributed by atoms with Crippen molar-refractivity contribution in [2.75, 3.05) is 36.8 Å². The van der Waals surface area contributed by atoms with Crippen molar-refractivity contribution in [3.05, 3.63) is 58.1 Å². The maximum Gasteiger partial charge on any atom is 0.270 e. The summed E-state index contributed by atoms with van der Waals surface area (Å²) >= 11 is 1.17. The van der Waals surface area contributed by atoms with Crippen LogP contribution in [-0.2, 0) is 9.84 Å². The Hall–Kier alpha value is -2.60. The number of nitro groups is 1. The van der Waals surface area contributed by atoms with Gasteiger partial charge in [0.05, 0.1) is 31.4 Å². The summed E-state index contributed by atoms with van der Waals surface area (Å²) in [6.07, 6.45) is 0. The molecule has 184 valence electrons. The van der Waals surface area contributed by atoms with Crippen LogP contribution < -0.4 is 4.90 Å². The first-order valence-corrected chi connectivity index (χ1v) is 13.1. The second-order valence-electron chi connectivity index (χ2n) is 7.29. The number of carbonyl (C=O) groups is 1. The maximum atomic E-state index is 13.7. The Balaban J connectivity index is 0.00000408. The van der Waals surface area contributed by atoms with E-state index in [0.29, 0.717) is 28.4 Å². The average molecular weight is 527 g/mol. The van der Waals surface area contributed by atoms with Crippen LogP contribution in [0.3, 0.4) is 0 Å². The standard InChI is InChI=1S/C22H26N4O5S2.ClH/c1-4-24(5-2)13-14-25(21(27)17-9-7-8-10-20(17)33(30,31)6-3)22-23-18-12-11-16(26(28)29)15-19(18)32-22;/h7-12,15H,4-6,13-14H2,1-3H3;1H. The van der Waals surface area contributed by atoms with Crippen LogP contribution in [0, 0.1) is 10.1 Å². The number of fused-ring (bicyclic) bond motifs is 1. The minimum Gasteiger partial charge on any atom is -0.302 e. The number of halogens is 1. The lowest BCUT2D eigenvalue weighted by atomic mass is 10.2. The van der Waals surface area contributed by atoms with E-state index in [4.69, 9.17) is 0 Å². The predicted octanol–water partition coefficient (Wildman–Crippen LogP) is 4.41. The molecule has 0 radical (unpaired) electrons. The van der Waals surface area contributed by atoms with Gasteiger partial charge in [-0.2, -0.15) is 0 Å². The molecule has 12 heteroatoms. The largest absolute Gasteiger partial charge is 0.302 e. The van der Waals surface area contributed by atoms with Crippen LogP contribution >= 0.6 is 23.7 Å². The summed E-state index contributed by atoms with van der Waals surface area (Å²) in [6, 6.07) is 10.5. The molecule has 0 aliphatic heterocycles. The van der Waals surface area contributed by atoms with Crippen LogP contribution in [0.15, 0.2) is 47.4 Å². The van der Waals surface area contributed by atoms with E-state index < -0.39 is 20.7 Å². The summed E-state index contributed by atoms with van der Waals surface area (Å²) in [5.41, 5.74) is 0.568. The van der Waals surface area contributed by atoms with Gasteiger partial charge in [-0.1, -0.05) is 44.2 Å². The Morgan fingerprint density at radius 2 is 1.76 bits per heavy atom. The highest BCUT2D eigenvalue weighted by Crippen LogP contribution is 2.33. The third-order valence-corrected chi connectivity index (χ3v) is 8.24. The molecule has 2 aromatic carbocycles. The molecule has 3 rings (SSSR count). The number of rotatable bonds is 10. The van der Waals surface area contributed by atoms with Gasteiger partial charge < -0.3 is 4.90 Å². The highest BCUT2D eigenvalue weighted by molar-refractivity contribution is 7.91. The van der Waals surface area contributed by atoms with E-state index in [1.807, 2.05) is 13.8 Å². The molecule has 0 bridgehead atoms. The molecule has 0 saturated carbocycles. The van der Waals surface area contributed by atoms with E-state index in [9.17, 15) is 23.3 Å². The van der Waals surface area contributed by atoms with E-state index in [1.54, 1.807) is 18.2 Å². The van der Waals surface area contributed by atoms with Gasteiger partial charge in [-0.15, -0.1) is 12.4 Å². The molecule has 0 unspecified atom stereocenters. The number of carbonyl (C=O) groups excluding carboxylic acids is 1. The van der Waals surface area contributed by atoms with Gasteiger partial charge in [0.15, 0.2) is 15.0 Å². The number of amides is 1. The Morgan fingerprint density at radius 1 is 1.09 bits per heavy atom. The van der Waals surface area contributed by atoms with Crippen molar-refractivity contribution in [2.24, 2.45) is 0 Å². The van der Waals surface area contributed by atoms with Crippen LogP contribution in [0.25, 0.3) is 10.2 Å². The molecule has 0 aliphatic carbocycles. The number of nitrogens with zero attached hydrogens (tertiary/aromatic N) is 4. The first kappa shape index (κ1) is 27.6. The Labute approximate surface area is 208 Å². The van der Waals surface area contributed by atoms with E-state index in [1.165, 1.54) is 47.4 Å². The van der Waals surface area contributed by atoms with Gasteiger partial charge >= 0.3 is 0 Å². The number of likely N-dealkylation sites (N-methyl/N-ethyl adjacent to an activating group) is 1. The molecule has 0 N–H and O–H groups in total. The van der Waals surface area contributed by atoms with Gasteiger partial charge in [-0.3, -0.25) is 19.8 Å². The topological polar surface area (TPSA) is 114 Å². The Bertz CT molecular complexity index is 1280. The summed E-state index contributed by atoms with van der Waals surface area (Å²) < 4.78 is 25.8. The fraction of sp³-hybridized carbons (Fsp3) is 0.364. The van der Waals surface area contributed by atoms with Crippen molar-refractivity contribution < 1.29 is 18.1 Å². The molecular weight excluding hydrogens is 500 g/mol.